The Kier molecular flexibility index (Phi) is 8.76. The zero-order valence-electron chi connectivity index (χ0n) is 23.5. The molecule has 0 atom stereocenters. The molecule has 1 saturated heterocycles. The summed E-state index contributed by atoms with van der Waals surface area (Å²) in [5.74, 6) is 0.582. The van der Waals surface area contributed by atoms with Crippen molar-refractivity contribution in [1.29, 1.82) is 5.26 Å². The number of nitriles is 1. The van der Waals surface area contributed by atoms with Gasteiger partial charge < -0.3 is 34.6 Å². The number of benzene rings is 2. The van der Waals surface area contributed by atoms with E-state index in [1.807, 2.05) is 6.07 Å². The summed E-state index contributed by atoms with van der Waals surface area (Å²) in [6.45, 7) is 3.10. The van der Waals surface area contributed by atoms with Gasteiger partial charge in [0.1, 0.15) is 28.6 Å². The lowest BCUT2D eigenvalue weighted by Crippen LogP contribution is -2.49. The summed E-state index contributed by atoms with van der Waals surface area (Å²) in [6.07, 6.45) is 6.83. The van der Waals surface area contributed by atoms with E-state index in [2.05, 4.69) is 34.4 Å². The first kappa shape index (κ1) is 28.5. The van der Waals surface area contributed by atoms with Crippen molar-refractivity contribution in [1.82, 2.24) is 20.3 Å². The first-order valence-corrected chi connectivity index (χ1v) is 14.2. The minimum atomic E-state index is -0.338. The molecule has 10 heteroatoms. The van der Waals surface area contributed by atoms with Gasteiger partial charge in [0.15, 0.2) is 11.5 Å². The number of likely N-dealkylation sites (tertiary alicyclic amines) is 1. The van der Waals surface area contributed by atoms with Crippen LogP contribution in [0.15, 0.2) is 47.0 Å². The minimum Gasteiger partial charge on any atom is -0.508 e. The van der Waals surface area contributed by atoms with Crippen molar-refractivity contribution in [3.05, 3.63) is 53.7 Å². The van der Waals surface area contributed by atoms with Gasteiger partial charge in [-0.15, -0.1) is 0 Å². The normalized spacial score (nSPS) is 20.0. The predicted molar refractivity (Wildman–Crippen MR) is 153 cm³/mol. The molecule has 0 bridgehead atoms. The average molecular weight is 560 g/mol. The number of ether oxygens (including phenoxy) is 1. The van der Waals surface area contributed by atoms with Crippen LogP contribution >= 0.6 is 0 Å². The van der Waals surface area contributed by atoms with E-state index < -0.39 is 0 Å². The maximum absolute atomic E-state index is 13.0. The highest BCUT2D eigenvalue weighted by Crippen LogP contribution is 2.43. The molecule has 0 unspecified atom stereocenters. The lowest BCUT2D eigenvalue weighted by atomic mass is 9.84. The predicted octanol–water partition coefficient (Wildman–Crippen LogP) is 4.73. The SMILES string of the molecule is CN(C)CC1CCC(N2CCC(NC(=O)c3cc(-c4c(O)cc(O)cc4Oc4ccc(C#N)cc4)on3)CC2)CC1. The van der Waals surface area contributed by atoms with Crippen LogP contribution in [0, 0.1) is 17.2 Å². The number of carbonyl (C=O) groups is 1. The lowest BCUT2D eigenvalue weighted by molar-refractivity contribution is 0.0817. The summed E-state index contributed by atoms with van der Waals surface area (Å²) in [7, 11) is 4.29. The van der Waals surface area contributed by atoms with Gasteiger partial charge in [-0.2, -0.15) is 5.26 Å². The fourth-order valence-electron chi connectivity index (χ4n) is 6.02. The van der Waals surface area contributed by atoms with Gasteiger partial charge in [-0.1, -0.05) is 5.16 Å². The highest BCUT2D eigenvalue weighted by molar-refractivity contribution is 5.93. The second-order valence-electron chi connectivity index (χ2n) is 11.4. The van der Waals surface area contributed by atoms with E-state index in [1.54, 1.807) is 24.3 Å². The summed E-state index contributed by atoms with van der Waals surface area (Å²) in [5.41, 5.74) is 0.710. The van der Waals surface area contributed by atoms with Gasteiger partial charge in [0.05, 0.1) is 11.6 Å². The Balaban J connectivity index is 1.19. The van der Waals surface area contributed by atoms with Gasteiger partial charge in [-0.3, -0.25) is 4.79 Å². The summed E-state index contributed by atoms with van der Waals surface area (Å²) in [4.78, 5) is 17.9. The molecule has 1 amide bonds. The first-order chi connectivity index (χ1) is 19.8. The maximum atomic E-state index is 13.0. The number of carbonyl (C=O) groups excluding carboxylic acids is 1. The highest BCUT2D eigenvalue weighted by Gasteiger charge is 2.30. The van der Waals surface area contributed by atoms with Crippen LogP contribution in [0.5, 0.6) is 23.0 Å². The second-order valence-corrected chi connectivity index (χ2v) is 11.4. The van der Waals surface area contributed by atoms with Crippen molar-refractivity contribution >= 4 is 5.91 Å². The van der Waals surface area contributed by atoms with E-state index in [9.17, 15) is 15.0 Å². The molecule has 41 heavy (non-hydrogen) atoms. The molecular formula is C31H37N5O5. The summed E-state index contributed by atoms with van der Waals surface area (Å²) >= 11 is 0. The smallest absolute Gasteiger partial charge is 0.273 e. The Hall–Kier alpha value is -4.07. The highest BCUT2D eigenvalue weighted by atomic mass is 16.5. The van der Waals surface area contributed by atoms with Crippen LogP contribution in [0.3, 0.4) is 0 Å². The number of nitrogens with zero attached hydrogens (tertiary/aromatic N) is 4. The van der Waals surface area contributed by atoms with E-state index in [0.29, 0.717) is 17.4 Å². The largest absolute Gasteiger partial charge is 0.508 e. The van der Waals surface area contributed by atoms with Crippen molar-refractivity contribution in [2.75, 3.05) is 33.7 Å². The van der Waals surface area contributed by atoms with E-state index in [0.717, 1.165) is 37.9 Å². The number of nitrogens with one attached hydrogen (secondary N) is 1. The molecule has 1 saturated carbocycles. The third kappa shape index (κ3) is 6.99. The van der Waals surface area contributed by atoms with Crippen LogP contribution in [0.4, 0.5) is 0 Å². The topological polar surface area (TPSA) is 135 Å². The summed E-state index contributed by atoms with van der Waals surface area (Å²) < 4.78 is 11.3. The molecule has 3 N–H and O–H groups in total. The van der Waals surface area contributed by atoms with Crippen LogP contribution in [0.2, 0.25) is 0 Å². The van der Waals surface area contributed by atoms with Crippen molar-refractivity contribution in [3.63, 3.8) is 0 Å². The van der Waals surface area contributed by atoms with Gasteiger partial charge in [0.2, 0.25) is 0 Å². The number of aromatic hydroxyl groups is 2. The molecule has 1 aliphatic carbocycles. The Morgan fingerprint density at radius 2 is 1.80 bits per heavy atom. The molecule has 5 rings (SSSR count). The lowest BCUT2D eigenvalue weighted by Gasteiger charge is -2.41. The molecule has 10 nitrogen and oxygen atoms in total. The number of piperidine rings is 1. The molecule has 2 aromatic carbocycles. The first-order valence-electron chi connectivity index (χ1n) is 14.2. The third-order valence-electron chi connectivity index (χ3n) is 8.09. The van der Waals surface area contributed by atoms with Gasteiger partial charge in [-0.25, -0.2) is 0 Å². The summed E-state index contributed by atoms with van der Waals surface area (Å²) in [5, 5.41) is 36.7. The van der Waals surface area contributed by atoms with Crippen molar-refractivity contribution < 1.29 is 24.3 Å². The Morgan fingerprint density at radius 1 is 1.10 bits per heavy atom. The molecule has 0 radical (unpaired) electrons. The standard InChI is InChI=1S/C31H37N5O5/c1-35(2)19-21-3-7-23(8-4-21)36-13-11-22(12-14-36)33-31(39)26-17-29(41-34-26)30-27(38)15-24(37)16-28(30)40-25-9-5-20(18-32)6-10-25/h5-6,9-10,15-17,21-23,37-38H,3-4,7-8,11-14,19H2,1-2H3,(H,33,39). The average Bonchev–Trinajstić information content (AvgIpc) is 3.44. The van der Waals surface area contributed by atoms with Gasteiger partial charge >= 0.3 is 0 Å². The van der Waals surface area contributed by atoms with Crippen LogP contribution < -0.4 is 10.1 Å². The quantitative estimate of drug-likeness (QED) is 0.358. The molecule has 216 valence electrons. The molecule has 2 heterocycles. The molecule has 2 aliphatic rings. The maximum Gasteiger partial charge on any atom is 0.273 e. The minimum absolute atomic E-state index is 0.0568. The van der Waals surface area contributed by atoms with Crippen LogP contribution in [-0.4, -0.2) is 76.9 Å². The monoisotopic (exact) mass is 559 g/mol. The molecule has 1 aliphatic heterocycles. The molecular weight excluding hydrogens is 522 g/mol. The van der Waals surface area contributed by atoms with E-state index >= 15 is 0 Å². The molecule has 0 spiro atoms. The van der Waals surface area contributed by atoms with Crippen molar-refractivity contribution in [2.24, 2.45) is 5.92 Å². The number of phenolic OH excluding ortho intramolecular Hbond substituents is 2. The van der Waals surface area contributed by atoms with Crippen molar-refractivity contribution in [2.45, 2.75) is 50.6 Å². The third-order valence-corrected chi connectivity index (χ3v) is 8.09. The second kappa shape index (κ2) is 12.6. The zero-order chi connectivity index (χ0) is 28.9. The fraction of sp³-hybridized carbons (Fsp3) is 0.452. The van der Waals surface area contributed by atoms with E-state index in [-0.39, 0.29) is 46.2 Å². The van der Waals surface area contributed by atoms with E-state index in [1.165, 1.54) is 44.4 Å². The Morgan fingerprint density at radius 3 is 2.46 bits per heavy atom. The number of rotatable bonds is 8. The Labute approximate surface area is 240 Å². The van der Waals surface area contributed by atoms with Gasteiger partial charge in [0.25, 0.3) is 5.91 Å². The molecule has 2 fully saturated rings. The van der Waals surface area contributed by atoms with E-state index in [4.69, 9.17) is 14.5 Å². The molecule has 3 aromatic rings. The van der Waals surface area contributed by atoms with Crippen LogP contribution in [0.1, 0.15) is 54.6 Å². The van der Waals surface area contributed by atoms with Crippen molar-refractivity contribution in [3.8, 4) is 40.4 Å². The van der Waals surface area contributed by atoms with Crippen LogP contribution in [0.25, 0.3) is 11.3 Å². The summed E-state index contributed by atoms with van der Waals surface area (Å²) in [6, 6.07) is 13.1. The number of hydrogen-bond acceptors (Lipinski definition) is 9. The van der Waals surface area contributed by atoms with Gasteiger partial charge in [0, 0.05) is 49.9 Å². The van der Waals surface area contributed by atoms with Crippen LogP contribution in [-0.2, 0) is 0 Å². The number of phenols is 2. The number of amides is 1. The zero-order valence-corrected chi connectivity index (χ0v) is 23.5. The number of aromatic nitrogens is 1. The molecule has 1 aromatic heterocycles. The Bertz CT molecular complexity index is 1380. The fourth-order valence-corrected chi connectivity index (χ4v) is 6.02. The van der Waals surface area contributed by atoms with Gasteiger partial charge in [-0.05, 0) is 82.8 Å². The number of hydrogen-bond donors (Lipinski definition) is 3.